The van der Waals surface area contributed by atoms with E-state index in [2.05, 4.69) is 30.8 Å². The third-order valence-corrected chi connectivity index (χ3v) is 2.38. The van der Waals surface area contributed by atoms with Gasteiger partial charge in [0, 0.05) is 0 Å². The lowest BCUT2D eigenvalue weighted by Crippen LogP contribution is -1.98. The van der Waals surface area contributed by atoms with Crippen molar-refractivity contribution in [1.29, 1.82) is 0 Å². The SMILES string of the molecule is C=Cc1ccc(CCCCCN)cc1. The summed E-state index contributed by atoms with van der Waals surface area (Å²) in [6, 6.07) is 8.59. The Balaban J connectivity index is 2.32. The summed E-state index contributed by atoms with van der Waals surface area (Å²) in [4.78, 5) is 0. The van der Waals surface area contributed by atoms with Gasteiger partial charge in [-0.15, -0.1) is 0 Å². The van der Waals surface area contributed by atoms with Gasteiger partial charge in [-0.1, -0.05) is 43.3 Å². The van der Waals surface area contributed by atoms with Gasteiger partial charge in [0.1, 0.15) is 0 Å². The topological polar surface area (TPSA) is 26.0 Å². The molecular formula is C13H19N. The van der Waals surface area contributed by atoms with Crippen molar-refractivity contribution in [3.8, 4) is 0 Å². The maximum absolute atomic E-state index is 5.43. The van der Waals surface area contributed by atoms with Gasteiger partial charge in [0.2, 0.25) is 0 Å². The zero-order valence-corrected chi connectivity index (χ0v) is 8.71. The van der Waals surface area contributed by atoms with Crippen LogP contribution in [-0.4, -0.2) is 6.54 Å². The van der Waals surface area contributed by atoms with Crippen LogP contribution in [0.25, 0.3) is 6.08 Å². The lowest BCUT2D eigenvalue weighted by molar-refractivity contribution is 0.686. The quantitative estimate of drug-likeness (QED) is 0.684. The Morgan fingerprint density at radius 2 is 1.79 bits per heavy atom. The first-order valence-electron chi connectivity index (χ1n) is 5.28. The van der Waals surface area contributed by atoms with E-state index in [1.165, 1.54) is 24.0 Å². The van der Waals surface area contributed by atoms with Gasteiger partial charge in [0.25, 0.3) is 0 Å². The van der Waals surface area contributed by atoms with Gasteiger partial charge in [-0.05, 0) is 36.9 Å². The fourth-order valence-corrected chi connectivity index (χ4v) is 1.47. The molecule has 1 heteroatoms. The Hall–Kier alpha value is -1.08. The molecule has 2 N–H and O–H groups in total. The van der Waals surface area contributed by atoms with Gasteiger partial charge in [0.05, 0.1) is 0 Å². The van der Waals surface area contributed by atoms with Crippen LogP contribution < -0.4 is 5.73 Å². The number of rotatable bonds is 6. The number of benzene rings is 1. The molecule has 1 rings (SSSR count). The van der Waals surface area contributed by atoms with Gasteiger partial charge in [-0.3, -0.25) is 0 Å². The van der Waals surface area contributed by atoms with Crippen molar-refractivity contribution >= 4 is 6.08 Å². The second-order valence-electron chi connectivity index (χ2n) is 3.55. The van der Waals surface area contributed by atoms with Crippen molar-refractivity contribution in [1.82, 2.24) is 0 Å². The van der Waals surface area contributed by atoms with Crippen LogP contribution in [0.3, 0.4) is 0 Å². The molecule has 76 valence electrons. The second-order valence-corrected chi connectivity index (χ2v) is 3.55. The summed E-state index contributed by atoms with van der Waals surface area (Å²) in [5.41, 5.74) is 8.04. The first-order valence-corrected chi connectivity index (χ1v) is 5.28. The van der Waals surface area contributed by atoms with E-state index in [9.17, 15) is 0 Å². The van der Waals surface area contributed by atoms with Crippen molar-refractivity contribution in [2.24, 2.45) is 5.73 Å². The van der Waals surface area contributed by atoms with E-state index in [0.717, 1.165) is 19.4 Å². The van der Waals surface area contributed by atoms with Crippen LogP contribution in [0.1, 0.15) is 30.4 Å². The lowest BCUT2D eigenvalue weighted by Gasteiger charge is -2.01. The van der Waals surface area contributed by atoms with Crippen molar-refractivity contribution in [3.63, 3.8) is 0 Å². The third kappa shape index (κ3) is 3.75. The maximum atomic E-state index is 5.43. The normalized spacial score (nSPS) is 10.1. The van der Waals surface area contributed by atoms with Crippen molar-refractivity contribution in [2.75, 3.05) is 6.54 Å². The highest BCUT2D eigenvalue weighted by atomic mass is 14.5. The van der Waals surface area contributed by atoms with Crippen LogP contribution in [-0.2, 0) is 6.42 Å². The Morgan fingerprint density at radius 3 is 2.36 bits per heavy atom. The van der Waals surface area contributed by atoms with Crippen molar-refractivity contribution < 1.29 is 0 Å². The number of nitrogens with two attached hydrogens (primary N) is 1. The summed E-state index contributed by atoms with van der Waals surface area (Å²) in [6.07, 6.45) is 6.66. The lowest BCUT2D eigenvalue weighted by atomic mass is 10.1. The minimum Gasteiger partial charge on any atom is -0.330 e. The highest BCUT2D eigenvalue weighted by Gasteiger charge is 1.93. The first kappa shape index (κ1) is 11.0. The summed E-state index contributed by atoms with van der Waals surface area (Å²) in [6.45, 7) is 4.55. The smallest absolute Gasteiger partial charge is 0.00773 e. The highest BCUT2D eigenvalue weighted by Crippen LogP contribution is 2.09. The van der Waals surface area contributed by atoms with E-state index in [4.69, 9.17) is 5.73 Å². The van der Waals surface area contributed by atoms with Crippen LogP contribution in [0.15, 0.2) is 30.8 Å². The molecule has 0 aliphatic heterocycles. The standard InChI is InChI=1S/C13H19N/c1-2-12-7-9-13(10-8-12)6-4-3-5-11-14/h2,7-10H,1,3-6,11,14H2. The molecule has 1 aromatic rings. The summed E-state index contributed by atoms with van der Waals surface area (Å²) in [7, 11) is 0. The molecule has 0 amide bonds. The predicted molar refractivity (Wildman–Crippen MR) is 63.1 cm³/mol. The largest absolute Gasteiger partial charge is 0.330 e. The molecule has 0 radical (unpaired) electrons. The molecule has 0 atom stereocenters. The number of hydrogen-bond donors (Lipinski definition) is 1. The van der Waals surface area contributed by atoms with Gasteiger partial charge in [-0.25, -0.2) is 0 Å². The Labute approximate surface area is 86.6 Å². The summed E-state index contributed by atoms with van der Waals surface area (Å²) < 4.78 is 0. The van der Waals surface area contributed by atoms with Gasteiger partial charge in [0.15, 0.2) is 0 Å². The molecule has 0 bridgehead atoms. The van der Waals surface area contributed by atoms with Crippen molar-refractivity contribution in [3.05, 3.63) is 42.0 Å². The molecule has 0 fully saturated rings. The molecule has 0 saturated carbocycles. The minimum atomic E-state index is 0.815. The van der Waals surface area contributed by atoms with Crippen LogP contribution in [0, 0.1) is 0 Å². The Bertz CT molecular complexity index is 261. The molecule has 14 heavy (non-hydrogen) atoms. The van der Waals surface area contributed by atoms with E-state index in [-0.39, 0.29) is 0 Å². The van der Waals surface area contributed by atoms with E-state index in [0.29, 0.717) is 0 Å². The first-order chi connectivity index (χ1) is 6.86. The van der Waals surface area contributed by atoms with Crippen LogP contribution in [0.2, 0.25) is 0 Å². The maximum Gasteiger partial charge on any atom is -0.00773 e. The summed E-state index contributed by atoms with van der Waals surface area (Å²) in [5.74, 6) is 0. The molecule has 1 aromatic carbocycles. The summed E-state index contributed by atoms with van der Waals surface area (Å²) >= 11 is 0. The monoisotopic (exact) mass is 189 g/mol. The van der Waals surface area contributed by atoms with Crippen LogP contribution >= 0.6 is 0 Å². The zero-order chi connectivity index (χ0) is 10.2. The van der Waals surface area contributed by atoms with Crippen molar-refractivity contribution in [2.45, 2.75) is 25.7 Å². The molecule has 0 aromatic heterocycles. The fraction of sp³-hybridized carbons (Fsp3) is 0.385. The highest BCUT2D eigenvalue weighted by molar-refractivity contribution is 5.47. The molecule has 0 heterocycles. The van der Waals surface area contributed by atoms with E-state index in [1.807, 2.05) is 6.08 Å². The Kier molecular flexibility index (Phi) is 5.02. The Morgan fingerprint density at radius 1 is 1.07 bits per heavy atom. The van der Waals surface area contributed by atoms with Gasteiger partial charge in [-0.2, -0.15) is 0 Å². The zero-order valence-electron chi connectivity index (χ0n) is 8.71. The van der Waals surface area contributed by atoms with E-state index < -0.39 is 0 Å². The average Bonchev–Trinajstić information content (AvgIpc) is 2.25. The molecule has 0 spiro atoms. The fourth-order valence-electron chi connectivity index (χ4n) is 1.47. The molecule has 0 aliphatic rings. The average molecular weight is 189 g/mol. The number of aryl methyl sites for hydroxylation is 1. The molecule has 1 nitrogen and oxygen atoms in total. The van der Waals surface area contributed by atoms with E-state index >= 15 is 0 Å². The van der Waals surface area contributed by atoms with Gasteiger partial charge >= 0.3 is 0 Å². The van der Waals surface area contributed by atoms with Gasteiger partial charge < -0.3 is 5.73 Å². The summed E-state index contributed by atoms with van der Waals surface area (Å²) in [5, 5.41) is 0. The molecule has 0 unspecified atom stereocenters. The molecule has 0 saturated heterocycles. The molecular weight excluding hydrogens is 170 g/mol. The van der Waals surface area contributed by atoms with Crippen LogP contribution in [0.4, 0.5) is 0 Å². The van der Waals surface area contributed by atoms with E-state index in [1.54, 1.807) is 0 Å². The minimum absolute atomic E-state index is 0.815. The van der Waals surface area contributed by atoms with Crippen LogP contribution in [0.5, 0.6) is 0 Å². The number of unbranched alkanes of at least 4 members (excludes halogenated alkanes) is 2. The second kappa shape index (κ2) is 6.39. The third-order valence-electron chi connectivity index (χ3n) is 2.38. The molecule has 0 aliphatic carbocycles. The number of hydrogen-bond acceptors (Lipinski definition) is 1. The predicted octanol–water partition coefficient (Wildman–Crippen LogP) is 3.00.